The van der Waals surface area contributed by atoms with Crippen molar-refractivity contribution in [2.24, 2.45) is 29.6 Å². The summed E-state index contributed by atoms with van der Waals surface area (Å²) in [6.07, 6.45) is -2.51. The Labute approximate surface area is 347 Å². The lowest BCUT2D eigenvalue weighted by atomic mass is 9.73. The Morgan fingerprint density at radius 1 is 0.719 bits per heavy atom. The lowest BCUT2D eigenvalue weighted by Gasteiger charge is -2.51. The van der Waals surface area contributed by atoms with Crippen LogP contribution in [0.3, 0.4) is 0 Å². The van der Waals surface area contributed by atoms with Gasteiger partial charge in [0, 0.05) is 48.3 Å². The van der Waals surface area contributed by atoms with E-state index in [4.69, 9.17) is 28.1 Å². The third-order valence-corrected chi connectivity index (χ3v) is 18.2. The standard InChI is InChI=1S/C48H78O8Si/c1-26-20-28(3)39(29(4)21-26)45-53-41(35(10)42(54-45)33(8)25-51-57(18,19)47(14,15)16)32(7)24-48(17,50)44-36(11)43(34(9)37(12)52-38(13)49)55-46(56-44)40-30(5)22-27(2)23-31(40)6/h20-23,32-37,41-46,50H,24-25H2,1-19H3/t32-,33-,34-,35+,36+,37+,41-,42+,43-,44+,45-,46-,48-/m0/s1. The Balaban J connectivity index is 1.70. The minimum Gasteiger partial charge on any atom is -0.462 e. The zero-order valence-electron chi connectivity index (χ0n) is 39.0. The molecule has 0 spiro atoms. The van der Waals surface area contributed by atoms with Gasteiger partial charge in [-0.15, -0.1) is 0 Å². The van der Waals surface area contributed by atoms with E-state index in [1.54, 1.807) is 0 Å². The average Bonchev–Trinajstić information content (AvgIpc) is 3.06. The van der Waals surface area contributed by atoms with E-state index in [1.807, 2.05) is 13.8 Å². The number of hydrogen-bond donors (Lipinski definition) is 1. The van der Waals surface area contributed by atoms with E-state index in [1.165, 1.54) is 18.1 Å². The van der Waals surface area contributed by atoms with Crippen molar-refractivity contribution in [3.8, 4) is 0 Å². The molecular weight excluding hydrogens is 733 g/mol. The van der Waals surface area contributed by atoms with Gasteiger partial charge in [-0.05, 0) is 108 Å². The molecule has 2 aromatic carbocycles. The van der Waals surface area contributed by atoms with Crippen LogP contribution in [0.2, 0.25) is 18.1 Å². The van der Waals surface area contributed by atoms with Gasteiger partial charge in [0.25, 0.3) is 0 Å². The number of carbonyl (C=O) groups is 1. The first-order valence-electron chi connectivity index (χ1n) is 21.5. The molecule has 2 aromatic rings. The quantitative estimate of drug-likeness (QED) is 0.158. The van der Waals surface area contributed by atoms with Crippen LogP contribution in [0.4, 0.5) is 0 Å². The summed E-state index contributed by atoms with van der Waals surface area (Å²) >= 11 is 0. The molecule has 13 atom stereocenters. The fourth-order valence-corrected chi connectivity index (χ4v) is 10.8. The smallest absolute Gasteiger partial charge is 0.302 e. The number of rotatable bonds is 13. The number of carbonyl (C=O) groups excluding carboxylic acids is 1. The van der Waals surface area contributed by atoms with Crippen LogP contribution in [-0.4, -0.2) is 62.1 Å². The zero-order valence-corrected chi connectivity index (χ0v) is 40.0. The van der Waals surface area contributed by atoms with E-state index < -0.39 is 32.6 Å². The molecule has 322 valence electrons. The molecule has 57 heavy (non-hydrogen) atoms. The van der Waals surface area contributed by atoms with Gasteiger partial charge < -0.3 is 33.2 Å². The molecule has 0 amide bonds. The van der Waals surface area contributed by atoms with Gasteiger partial charge in [-0.25, -0.2) is 0 Å². The van der Waals surface area contributed by atoms with Crippen LogP contribution in [-0.2, 0) is 32.9 Å². The summed E-state index contributed by atoms with van der Waals surface area (Å²) in [5.74, 6) is -0.641. The maximum absolute atomic E-state index is 12.8. The summed E-state index contributed by atoms with van der Waals surface area (Å²) in [6.45, 7) is 40.8. The first kappa shape index (κ1) is 47.6. The lowest BCUT2D eigenvalue weighted by Crippen LogP contribution is -2.57. The van der Waals surface area contributed by atoms with E-state index in [0.29, 0.717) is 13.0 Å². The second kappa shape index (κ2) is 18.2. The first-order valence-corrected chi connectivity index (χ1v) is 24.4. The molecule has 0 unspecified atom stereocenters. The van der Waals surface area contributed by atoms with E-state index in [9.17, 15) is 9.90 Å². The molecule has 2 fully saturated rings. The second-order valence-electron chi connectivity index (χ2n) is 20.1. The van der Waals surface area contributed by atoms with Crippen molar-refractivity contribution in [3.05, 3.63) is 68.8 Å². The monoisotopic (exact) mass is 811 g/mol. The highest BCUT2D eigenvalue weighted by Crippen LogP contribution is 2.47. The van der Waals surface area contributed by atoms with Crippen molar-refractivity contribution in [1.29, 1.82) is 0 Å². The van der Waals surface area contributed by atoms with E-state index >= 15 is 0 Å². The van der Waals surface area contributed by atoms with Crippen molar-refractivity contribution < 1.29 is 38.0 Å². The Bertz CT molecular complexity index is 1650. The van der Waals surface area contributed by atoms with Gasteiger partial charge in [-0.3, -0.25) is 4.79 Å². The normalized spacial score (nSPS) is 29.3. The predicted molar refractivity (Wildman–Crippen MR) is 232 cm³/mol. The summed E-state index contributed by atoms with van der Waals surface area (Å²) in [5, 5.41) is 12.9. The van der Waals surface area contributed by atoms with Crippen LogP contribution in [0.25, 0.3) is 0 Å². The minimum atomic E-state index is -1.99. The summed E-state index contributed by atoms with van der Waals surface area (Å²) < 4.78 is 40.3. The van der Waals surface area contributed by atoms with Gasteiger partial charge in [0.15, 0.2) is 20.9 Å². The Morgan fingerprint density at radius 3 is 1.58 bits per heavy atom. The van der Waals surface area contributed by atoms with Crippen LogP contribution in [0.1, 0.15) is 140 Å². The van der Waals surface area contributed by atoms with Crippen molar-refractivity contribution in [3.63, 3.8) is 0 Å². The Kier molecular flexibility index (Phi) is 15.2. The van der Waals surface area contributed by atoms with Gasteiger partial charge >= 0.3 is 5.97 Å². The summed E-state index contributed by atoms with van der Waals surface area (Å²) in [6, 6.07) is 8.70. The average molecular weight is 811 g/mol. The fourth-order valence-electron chi connectivity index (χ4n) is 9.67. The van der Waals surface area contributed by atoms with Crippen LogP contribution in [0, 0.1) is 71.1 Å². The SMILES string of the molecule is CC(=O)O[C@H](C)[C@H](C)[C@@H]1O[C@H](c2c(C)cc(C)cc2C)O[C@@H]([C@@](C)(O)C[C@H](C)[C@@H]2O[C@H](c3c(C)cc(C)cc3C)O[C@H]([C@@H](C)CO[Si](C)(C)C(C)(C)C)[C@@H]2C)[C@@H]1C. The molecule has 2 aliphatic heterocycles. The molecule has 0 radical (unpaired) electrons. The number of esters is 1. The highest BCUT2D eigenvalue weighted by Gasteiger charge is 2.52. The molecule has 4 rings (SSSR count). The third kappa shape index (κ3) is 10.8. The highest BCUT2D eigenvalue weighted by molar-refractivity contribution is 6.74. The largest absolute Gasteiger partial charge is 0.462 e. The topological polar surface area (TPSA) is 92.7 Å². The molecule has 2 aliphatic rings. The summed E-state index contributed by atoms with van der Waals surface area (Å²) in [7, 11) is -1.99. The number of ether oxygens (including phenoxy) is 5. The van der Waals surface area contributed by atoms with Crippen LogP contribution >= 0.6 is 0 Å². The predicted octanol–water partition coefficient (Wildman–Crippen LogP) is 11.1. The molecule has 1 N–H and O–H groups in total. The molecule has 2 saturated heterocycles. The van der Waals surface area contributed by atoms with Crippen molar-refractivity contribution in [1.82, 2.24) is 0 Å². The van der Waals surface area contributed by atoms with Crippen LogP contribution < -0.4 is 0 Å². The van der Waals surface area contributed by atoms with Gasteiger partial charge in [-0.1, -0.05) is 90.8 Å². The first-order chi connectivity index (χ1) is 26.2. The minimum absolute atomic E-state index is 0.0205. The van der Waals surface area contributed by atoms with E-state index in [-0.39, 0.29) is 65.0 Å². The number of hydrogen-bond acceptors (Lipinski definition) is 8. The van der Waals surface area contributed by atoms with Crippen molar-refractivity contribution in [2.75, 3.05) is 6.61 Å². The van der Waals surface area contributed by atoms with Gasteiger partial charge in [0.1, 0.15) is 6.10 Å². The second-order valence-corrected chi connectivity index (χ2v) is 24.9. The molecule has 0 bridgehead atoms. The molecule has 2 heterocycles. The summed E-state index contributed by atoms with van der Waals surface area (Å²) in [5.41, 5.74) is 7.61. The van der Waals surface area contributed by atoms with Gasteiger partial charge in [-0.2, -0.15) is 0 Å². The lowest BCUT2D eigenvalue weighted by molar-refractivity contribution is -0.321. The molecule has 0 aliphatic carbocycles. The molecular formula is C48H78O8Si. The summed E-state index contributed by atoms with van der Waals surface area (Å²) in [4.78, 5) is 12.0. The van der Waals surface area contributed by atoms with Crippen LogP contribution in [0.15, 0.2) is 24.3 Å². The third-order valence-electron chi connectivity index (χ3n) is 13.7. The van der Waals surface area contributed by atoms with Gasteiger partial charge in [0.2, 0.25) is 0 Å². The highest BCUT2D eigenvalue weighted by atomic mass is 28.4. The number of aryl methyl sites for hydroxylation is 6. The van der Waals surface area contributed by atoms with E-state index in [0.717, 1.165) is 33.4 Å². The Morgan fingerprint density at radius 2 is 1.14 bits per heavy atom. The molecule has 0 saturated carbocycles. The number of aliphatic hydroxyl groups is 1. The van der Waals surface area contributed by atoms with Crippen molar-refractivity contribution in [2.45, 2.75) is 191 Å². The fraction of sp³-hybridized carbons (Fsp3) is 0.729. The Hall–Kier alpha value is -2.11. The maximum atomic E-state index is 12.8. The van der Waals surface area contributed by atoms with Gasteiger partial charge in [0.05, 0.1) is 30.0 Å². The maximum Gasteiger partial charge on any atom is 0.302 e. The van der Waals surface area contributed by atoms with Crippen molar-refractivity contribution >= 4 is 14.3 Å². The zero-order chi connectivity index (χ0) is 43.1. The molecule has 8 nitrogen and oxygen atoms in total. The van der Waals surface area contributed by atoms with E-state index in [2.05, 4.69) is 134 Å². The molecule has 0 aromatic heterocycles. The number of benzene rings is 2. The molecule has 9 heteroatoms. The van der Waals surface area contributed by atoms with Crippen LogP contribution in [0.5, 0.6) is 0 Å².